The second-order valence-corrected chi connectivity index (χ2v) is 4.52. The normalized spacial score (nSPS) is 12.5. The van der Waals surface area contributed by atoms with Crippen molar-refractivity contribution in [3.63, 3.8) is 0 Å². The van der Waals surface area contributed by atoms with Crippen LogP contribution in [0.1, 0.15) is 19.4 Å². The molecule has 1 rings (SSSR count). The van der Waals surface area contributed by atoms with Gasteiger partial charge in [0.05, 0.1) is 6.61 Å². The third kappa shape index (κ3) is 4.22. The molecular formula is C12H18BrNO. The van der Waals surface area contributed by atoms with Crippen molar-refractivity contribution in [3.05, 3.63) is 28.2 Å². The molecule has 0 aliphatic carbocycles. The number of hydrogen-bond donors (Lipinski definition) is 1. The highest BCUT2D eigenvalue weighted by atomic mass is 79.9. The van der Waals surface area contributed by atoms with Crippen LogP contribution in [0.25, 0.3) is 0 Å². The fourth-order valence-electron chi connectivity index (χ4n) is 1.36. The van der Waals surface area contributed by atoms with Gasteiger partial charge < -0.3 is 10.1 Å². The summed E-state index contributed by atoms with van der Waals surface area (Å²) in [5.74, 6) is 0. The van der Waals surface area contributed by atoms with Gasteiger partial charge in [-0.2, -0.15) is 0 Å². The van der Waals surface area contributed by atoms with Gasteiger partial charge in [-0.3, -0.25) is 0 Å². The minimum Gasteiger partial charge on any atom is -0.380 e. The molecule has 0 saturated carbocycles. The molecule has 0 spiro atoms. The Labute approximate surface area is 100 Å². The molecule has 0 radical (unpaired) electrons. The summed E-state index contributed by atoms with van der Waals surface area (Å²) >= 11 is 3.49. The van der Waals surface area contributed by atoms with Crippen LogP contribution in [-0.4, -0.2) is 19.3 Å². The SMILES string of the molecule is CCOCC(C)Nc1ccc(Br)c(C)c1. The first-order valence-electron chi connectivity index (χ1n) is 5.24. The smallest absolute Gasteiger partial charge is 0.0664 e. The van der Waals surface area contributed by atoms with Crippen molar-refractivity contribution in [2.75, 3.05) is 18.5 Å². The van der Waals surface area contributed by atoms with Crippen molar-refractivity contribution < 1.29 is 4.74 Å². The van der Waals surface area contributed by atoms with Crippen molar-refractivity contribution in [2.45, 2.75) is 26.8 Å². The van der Waals surface area contributed by atoms with Gasteiger partial charge in [-0.1, -0.05) is 15.9 Å². The minimum atomic E-state index is 0.338. The quantitative estimate of drug-likeness (QED) is 0.884. The van der Waals surface area contributed by atoms with Gasteiger partial charge in [0.15, 0.2) is 0 Å². The van der Waals surface area contributed by atoms with Gasteiger partial charge in [0.1, 0.15) is 0 Å². The predicted molar refractivity (Wildman–Crippen MR) is 68.5 cm³/mol. The molecule has 1 unspecified atom stereocenters. The molecule has 0 bridgehead atoms. The Kier molecular flexibility index (Phi) is 5.12. The maximum absolute atomic E-state index is 5.35. The Morgan fingerprint density at radius 1 is 1.47 bits per heavy atom. The maximum atomic E-state index is 5.35. The van der Waals surface area contributed by atoms with Crippen LogP contribution in [-0.2, 0) is 4.74 Å². The zero-order chi connectivity index (χ0) is 11.3. The van der Waals surface area contributed by atoms with Gasteiger partial charge >= 0.3 is 0 Å². The summed E-state index contributed by atoms with van der Waals surface area (Å²) in [4.78, 5) is 0. The van der Waals surface area contributed by atoms with Gasteiger partial charge in [-0.15, -0.1) is 0 Å². The van der Waals surface area contributed by atoms with Gasteiger partial charge in [-0.05, 0) is 44.5 Å². The highest BCUT2D eigenvalue weighted by Crippen LogP contribution is 2.20. The average molecular weight is 272 g/mol. The van der Waals surface area contributed by atoms with E-state index < -0.39 is 0 Å². The average Bonchev–Trinajstić information content (AvgIpc) is 2.20. The van der Waals surface area contributed by atoms with Gasteiger partial charge in [-0.25, -0.2) is 0 Å². The minimum absolute atomic E-state index is 0.338. The lowest BCUT2D eigenvalue weighted by Gasteiger charge is -2.15. The van der Waals surface area contributed by atoms with E-state index in [1.165, 1.54) is 5.56 Å². The lowest BCUT2D eigenvalue weighted by molar-refractivity contribution is 0.141. The fraction of sp³-hybridized carbons (Fsp3) is 0.500. The predicted octanol–water partition coefficient (Wildman–Crippen LogP) is 3.59. The van der Waals surface area contributed by atoms with E-state index in [-0.39, 0.29) is 0 Å². The first-order chi connectivity index (χ1) is 7.13. The van der Waals surface area contributed by atoms with Crippen LogP contribution in [0, 0.1) is 6.92 Å². The number of nitrogens with one attached hydrogen (secondary N) is 1. The van der Waals surface area contributed by atoms with Crippen LogP contribution in [0.15, 0.2) is 22.7 Å². The summed E-state index contributed by atoms with van der Waals surface area (Å²) in [7, 11) is 0. The molecule has 1 atom stereocenters. The molecule has 0 saturated heterocycles. The van der Waals surface area contributed by atoms with Crippen LogP contribution >= 0.6 is 15.9 Å². The lowest BCUT2D eigenvalue weighted by atomic mass is 10.2. The molecule has 0 aliphatic rings. The number of benzene rings is 1. The first kappa shape index (κ1) is 12.5. The number of rotatable bonds is 5. The Morgan fingerprint density at radius 2 is 2.20 bits per heavy atom. The second kappa shape index (κ2) is 6.13. The van der Waals surface area contributed by atoms with E-state index in [1.54, 1.807) is 0 Å². The lowest BCUT2D eigenvalue weighted by Crippen LogP contribution is -2.21. The Bertz CT molecular complexity index is 314. The fourth-order valence-corrected chi connectivity index (χ4v) is 1.60. The van der Waals surface area contributed by atoms with Gasteiger partial charge in [0.2, 0.25) is 0 Å². The summed E-state index contributed by atoms with van der Waals surface area (Å²) in [5, 5.41) is 3.40. The van der Waals surface area contributed by atoms with Crippen molar-refractivity contribution in [1.29, 1.82) is 0 Å². The van der Waals surface area contributed by atoms with Crippen LogP contribution in [0.2, 0.25) is 0 Å². The molecular weight excluding hydrogens is 254 g/mol. The molecule has 0 aromatic heterocycles. The van der Waals surface area contributed by atoms with Crippen molar-refractivity contribution >= 4 is 21.6 Å². The maximum Gasteiger partial charge on any atom is 0.0664 e. The molecule has 15 heavy (non-hydrogen) atoms. The first-order valence-corrected chi connectivity index (χ1v) is 6.03. The topological polar surface area (TPSA) is 21.3 Å². The Morgan fingerprint density at radius 3 is 2.80 bits per heavy atom. The number of halogens is 1. The van der Waals surface area contributed by atoms with Gasteiger partial charge in [0.25, 0.3) is 0 Å². The molecule has 0 amide bonds. The van der Waals surface area contributed by atoms with Crippen molar-refractivity contribution in [1.82, 2.24) is 0 Å². The zero-order valence-electron chi connectivity index (χ0n) is 9.51. The molecule has 84 valence electrons. The van der Waals surface area contributed by atoms with E-state index in [2.05, 4.69) is 53.3 Å². The molecule has 3 heteroatoms. The van der Waals surface area contributed by atoms with E-state index in [0.29, 0.717) is 6.04 Å². The summed E-state index contributed by atoms with van der Waals surface area (Å²) in [6.07, 6.45) is 0. The molecule has 0 aliphatic heterocycles. The molecule has 0 fully saturated rings. The summed E-state index contributed by atoms with van der Waals surface area (Å²) in [5.41, 5.74) is 2.38. The third-order valence-corrected chi connectivity index (χ3v) is 3.03. The zero-order valence-corrected chi connectivity index (χ0v) is 11.1. The van der Waals surface area contributed by atoms with Gasteiger partial charge in [0, 0.05) is 22.8 Å². The van der Waals surface area contributed by atoms with E-state index in [4.69, 9.17) is 4.74 Å². The van der Waals surface area contributed by atoms with Crippen LogP contribution in [0.3, 0.4) is 0 Å². The molecule has 1 N–H and O–H groups in total. The van der Waals surface area contributed by atoms with E-state index in [0.717, 1.165) is 23.4 Å². The summed E-state index contributed by atoms with van der Waals surface area (Å²) < 4.78 is 6.49. The van der Waals surface area contributed by atoms with Crippen molar-refractivity contribution in [2.24, 2.45) is 0 Å². The monoisotopic (exact) mass is 271 g/mol. The standard InChI is InChI=1S/C12H18BrNO/c1-4-15-8-10(3)14-11-5-6-12(13)9(2)7-11/h5-7,10,14H,4,8H2,1-3H3. The summed E-state index contributed by atoms with van der Waals surface area (Å²) in [6.45, 7) is 7.73. The van der Waals surface area contributed by atoms with Crippen LogP contribution in [0.5, 0.6) is 0 Å². The molecule has 0 heterocycles. The second-order valence-electron chi connectivity index (χ2n) is 3.67. The van der Waals surface area contributed by atoms with E-state index in [1.807, 2.05) is 6.92 Å². The Balaban J connectivity index is 2.53. The van der Waals surface area contributed by atoms with E-state index >= 15 is 0 Å². The molecule has 1 aromatic rings. The number of anilines is 1. The van der Waals surface area contributed by atoms with Crippen LogP contribution < -0.4 is 5.32 Å². The molecule has 1 aromatic carbocycles. The van der Waals surface area contributed by atoms with Crippen LogP contribution in [0.4, 0.5) is 5.69 Å². The number of ether oxygens (including phenoxy) is 1. The third-order valence-electron chi connectivity index (χ3n) is 2.14. The van der Waals surface area contributed by atoms with E-state index in [9.17, 15) is 0 Å². The highest BCUT2D eigenvalue weighted by Gasteiger charge is 2.02. The Hall–Kier alpha value is -0.540. The molecule has 2 nitrogen and oxygen atoms in total. The largest absolute Gasteiger partial charge is 0.380 e. The summed E-state index contributed by atoms with van der Waals surface area (Å²) in [6, 6.07) is 6.60. The number of hydrogen-bond acceptors (Lipinski definition) is 2. The van der Waals surface area contributed by atoms with Crippen molar-refractivity contribution in [3.8, 4) is 0 Å². The number of aryl methyl sites for hydroxylation is 1. The highest BCUT2D eigenvalue weighted by molar-refractivity contribution is 9.10.